The SMILES string of the molecule is CCNc1nc(N(C)C(C)(C)CC)c2[nH]cnc2n1. The van der Waals surface area contributed by atoms with E-state index < -0.39 is 0 Å². The minimum absolute atomic E-state index is 0.0237. The molecule has 0 fully saturated rings. The van der Waals surface area contributed by atoms with Crippen LogP contribution < -0.4 is 10.2 Å². The Bertz CT molecular complexity index is 559. The number of rotatable bonds is 5. The van der Waals surface area contributed by atoms with Gasteiger partial charge in [-0.3, -0.25) is 0 Å². The van der Waals surface area contributed by atoms with E-state index in [4.69, 9.17) is 0 Å². The van der Waals surface area contributed by atoms with E-state index in [1.54, 1.807) is 6.33 Å². The number of imidazole rings is 1. The summed E-state index contributed by atoms with van der Waals surface area (Å²) in [6.07, 6.45) is 2.69. The van der Waals surface area contributed by atoms with Crippen molar-refractivity contribution in [2.24, 2.45) is 0 Å². The summed E-state index contributed by atoms with van der Waals surface area (Å²) >= 11 is 0. The maximum atomic E-state index is 4.61. The maximum absolute atomic E-state index is 4.61. The van der Waals surface area contributed by atoms with Crippen molar-refractivity contribution in [3.63, 3.8) is 0 Å². The molecular formula is C13H22N6. The Balaban J connectivity index is 2.54. The van der Waals surface area contributed by atoms with Gasteiger partial charge in [-0.15, -0.1) is 0 Å². The summed E-state index contributed by atoms with van der Waals surface area (Å²) < 4.78 is 0. The fraction of sp³-hybridized carbons (Fsp3) is 0.615. The van der Waals surface area contributed by atoms with Gasteiger partial charge in [0.15, 0.2) is 11.5 Å². The maximum Gasteiger partial charge on any atom is 0.226 e. The molecule has 2 rings (SSSR count). The van der Waals surface area contributed by atoms with Gasteiger partial charge in [0, 0.05) is 19.1 Å². The van der Waals surface area contributed by atoms with Gasteiger partial charge in [-0.25, -0.2) is 4.98 Å². The van der Waals surface area contributed by atoms with Gasteiger partial charge < -0.3 is 15.2 Å². The number of aromatic amines is 1. The summed E-state index contributed by atoms with van der Waals surface area (Å²) in [5.74, 6) is 1.50. The first-order valence-electron chi connectivity index (χ1n) is 6.68. The quantitative estimate of drug-likeness (QED) is 0.866. The Kier molecular flexibility index (Phi) is 3.59. The minimum atomic E-state index is 0.0237. The number of hydrogen-bond acceptors (Lipinski definition) is 5. The second kappa shape index (κ2) is 5.03. The molecule has 0 aliphatic carbocycles. The molecule has 0 saturated carbocycles. The van der Waals surface area contributed by atoms with Crippen LogP contribution in [0.1, 0.15) is 34.1 Å². The summed E-state index contributed by atoms with van der Waals surface area (Å²) in [6, 6.07) is 0. The number of anilines is 2. The van der Waals surface area contributed by atoms with Crippen molar-refractivity contribution in [3.05, 3.63) is 6.33 Å². The first-order chi connectivity index (χ1) is 8.99. The molecule has 0 saturated heterocycles. The summed E-state index contributed by atoms with van der Waals surface area (Å²) in [6.45, 7) is 9.38. The van der Waals surface area contributed by atoms with E-state index in [0.29, 0.717) is 11.6 Å². The monoisotopic (exact) mass is 262 g/mol. The zero-order chi connectivity index (χ0) is 14.0. The zero-order valence-corrected chi connectivity index (χ0v) is 12.3. The predicted molar refractivity (Wildman–Crippen MR) is 78.6 cm³/mol. The summed E-state index contributed by atoms with van der Waals surface area (Å²) in [5, 5.41) is 3.15. The van der Waals surface area contributed by atoms with E-state index >= 15 is 0 Å². The zero-order valence-electron chi connectivity index (χ0n) is 12.3. The van der Waals surface area contributed by atoms with Gasteiger partial charge in [0.1, 0.15) is 5.52 Å². The van der Waals surface area contributed by atoms with Crippen molar-refractivity contribution in [2.45, 2.75) is 39.7 Å². The van der Waals surface area contributed by atoms with Crippen molar-refractivity contribution in [1.29, 1.82) is 0 Å². The van der Waals surface area contributed by atoms with Crippen LogP contribution in [0.4, 0.5) is 11.8 Å². The third-order valence-electron chi connectivity index (χ3n) is 3.69. The lowest BCUT2D eigenvalue weighted by Gasteiger charge is -2.36. The molecule has 6 heteroatoms. The Morgan fingerprint density at radius 3 is 2.68 bits per heavy atom. The molecule has 19 heavy (non-hydrogen) atoms. The van der Waals surface area contributed by atoms with Crippen LogP contribution in [0.15, 0.2) is 6.33 Å². The molecule has 0 spiro atoms. The molecule has 0 aromatic carbocycles. The molecule has 2 heterocycles. The molecule has 0 aliphatic rings. The molecule has 0 bridgehead atoms. The third-order valence-corrected chi connectivity index (χ3v) is 3.69. The lowest BCUT2D eigenvalue weighted by Crippen LogP contribution is -2.41. The Morgan fingerprint density at radius 1 is 1.32 bits per heavy atom. The Morgan fingerprint density at radius 2 is 2.05 bits per heavy atom. The molecule has 2 N–H and O–H groups in total. The van der Waals surface area contributed by atoms with Crippen molar-refractivity contribution in [2.75, 3.05) is 23.8 Å². The standard InChI is InChI=1S/C13H22N6/c1-6-13(3,4)19(5)11-9-10(16-8-15-9)17-12(18-11)14-7-2/h8H,6-7H2,1-5H3,(H2,14,15,16,17,18). The van der Waals surface area contributed by atoms with Crippen LogP contribution in [0.3, 0.4) is 0 Å². The predicted octanol–water partition coefficient (Wildman–Crippen LogP) is 2.41. The highest BCUT2D eigenvalue weighted by Gasteiger charge is 2.25. The highest BCUT2D eigenvalue weighted by molar-refractivity contribution is 5.84. The summed E-state index contributed by atoms with van der Waals surface area (Å²) in [4.78, 5) is 18.5. The highest BCUT2D eigenvalue weighted by atomic mass is 15.3. The van der Waals surface area contributed by atoms with Crippen LogP contribution in [0.25, 0.3) is 11.2 Å². The topological polar surface area (TPSA) is 69.7 Å². The normalized spacial score (nSPS) is 11.8. The lowest BCUT2D eigenvalue weighted by molar-refractivity contribution is 0.468. The Labute approximate surface area is 113 Å². The molecule has 2 aromatic heterocycles. The van der Waals surface area contributed by atoms with Gasteiger partial charge in [-0.1, -0.05) is 6.92 Å². The average Bonchev–Trinajstić information content (AvgIpc) is 2.85. The molecule has 0 atom stereocenters. The number of H-pyrrole nitrogens is 1. The smallest absolute Gasteiger partial charge is 0.226 e. The first-order valence-corrected chi connectivity index (χ1v) is 6.68. The van der Waals surface area contributed by atoms with E-state index in [0.717, 1.165) is 24.3 Å². The fourth-order valence-corrected chi connectivity index (χ4v) is 1.82. The van der Waals surface area contributed by atoms with E-state index in [1.165, 1.54) is 0 Å². The highest BCUT2D eigenvalue weighted by Crippen LogP contribution is 2.28. The van der Waals surface area contributed by atoms with E-state index in [2.05, 4.69) is 58.0 Å². The van der Waals surface area contributed by atoms with E-state index in [-0.39, 0.29) is 5.54 Å². The molecule has 2 aromatic rings. The summed E-state index contributed by atoms with van der Waals surface area (Å²) in [5.41, 5.74) is 1.60. The van der Waals surface area contributed by atoms with Crippen LogP contribution >= 0.6 is 0 Å². The minimum Gasteiger partial charge on any atom is -0.354 e. The van der Waals surface area contributed by atoms with Crippen LogP contribution in [-0.2, 0) is 0 Å². The van der Waals surface area contributed by atoms with Crippen LogP contribution in [-0.4, -0.2) is 39.1 Å². The Hall–Kier alpha value is -1.85. The molecule has 6 nitrogen and oxygen atoms in total. The van der Waals surface area contributed by atoms with Crippen LogP contribution in [0.5, 0.6) is 0 Å². The summed E-state index contributed by atoms with van der Waals surface area (Å²) in [7, 11) is 2.06. The lowest BCUT2D eigenvalue weighted by atomic mass is 10.00. The fourth-order valence-electron chi connectivity index (χ4n) is 1.82. The molecule has 0 aliphatic heterocycles. The average molecular weight is 262 g/mol. The van der Waals surface area contributed by atoms with Gasteiger partial charge in [-0.05, 0) is 27.2 Å². The second-order valence-electron chi connectivity index (χ2n) is 5.23. The van der Waals surface area contributed by atoms with Gasteiger partial charge >= 0.3 is 0 Å². The number of nitrogens with zero attached hydrogens (tertiary/aromatic N) is 4. The number of hydrogen-bond donors (Lipinski definition) is 2. The molecular weight excluding hydrogens is 240 g/mol. The number of fused-ring (bicyclic) bond motifs is 1. The van der Waals surface area contributed by atoms with E-state index in [1.807, 2.05) is 6.92 Å². The van der Waals surface area contributed by atoms with Gasteiger partial charge in [0.25, 0.3) is 0 Å². The van der Waals surface area contributed by atoms with Crippen molar-refractivity contribution < 1.29 is 0 Å². The van der Waals surface area contributed by atoms with Gasteiger partial charge in [0.2, 0.25) is 5.95 Å². The molecule has 0 unspecified atom stereocenters. The van der Waals surface area contributed by atoms with Crippen molar-refractivity contribution >= 4 is 22.9 Å². The first kappa shape index (κ1) is 13.6. The van der Waals surface area contributed by atoms with E-state index in [9.17, 15) is 0 Å². The van der Waals surface area contributed by atoms with Gasteiger partial charge in [-0.2, -0.15) is 9.97 Å². The van der Waals surface area contributed by atoms with Gasteiger partial charge in [0.05, 0.1) is 6.33 Å². The van der Waals surface area contributed by atoms with Crippen molar-refractivity contribution in [1.82, 2.24) is 19.9 Å². The second-order valence-corrected chi connectivity index (χ2v) is 5.23. The van der Waals surface area contributed by atoms with Crippen molar-refractivity contribution in [3.8, 4) is 0 Å². The largest absolute Gasteiger partial charge is 0.354 e. The van der Waals surface area contributed by atoms with Crippen LogP contribution in [0, 0.1) is 0 Å². The van der Waals surface area contributed by atoms with Crippen LogP contribution in [0.2, 0.25) is 0 Å². The number of nitrogens with one attached hydrogen (secondary N) is 2. The number of aromatic nitrogens is 4. The molecule has 0 radical (unpaired) electrons. The third kappa shape index (κ3) is 2.47. The molecule has 0 amide bonds. The molecule has 104 valence electrons.